The van der Waals surface area contributed by atoms with Gasteiger partial charge in [-0.2, -0.15) is 0 Å². The van der Waals surface area contributed by atoms with Crippen LogP contribution >= 0.6 is 0 Å². The average Bonchev–Trinajstić information content (AvgIpc) is 3.35. The number of hydrogen-bond donors (Lipinski definition) is 0. The molecule has 39 heavy (non-hydrogen) atoms. The largest absolute Gasteiger partial charge is 0.457 e. The molecule has 0 N–H and O–H groups in total. The predicted molar refractivity (Wildman–Crippen MR) is 159 cm³/mol. The monoisotopic (exact) mass is 499 g/mol. The molecule has 0 bridgehead atoms. The Morgan fingerprint density at radius 2 is 0.949 bits per heavy atom. The zero-order chi connectivity index (χ0) is 25.8. The zero-order valence-corrected chi connectivity index (χ0v) is 21.3. The molecular formula is C37H25NO. The van der Waals surface area contributed by atoms with E-state index in [4.69, 9.17) is 4.74 Å². The van der Waals surface area contributed by atoms with Crippen LogP contribution in [0.3, 0.4) is 0 Å². The van der Waals surface area contributed by atoms with Gasteiger partial charge in [-0.15, -0.1) is 0 Å². The highest BCUT2D eigenvalue weighted by Gasteiger charge is 2.45. The second-order valence-corrected chi connectivity index (χ2v) is 10.1. The van der Waals surface area contributed by atoms with Gasteiger partial charge >= 0.3 is 0 Å². The van der Waals surface area contributed by atoms with Gasteiger partial charge in [0, 0.05) is 27.6 Å². The van der Waals surface area contributed by atoms with E-state index in [0.29, 0.717) is 0 Å². The quantitative estimate of drug-likeness (QED) is 0.236. The molecule has 8 rings (SSSR count). The van der Waals surface area contributed by atoms with Gasteiger partial charge in [-0.05, 0) is 47.5 Å². The van der Waals surface area contributed by atoms with E-state index in [1.165, 1.54) is 32.9 Å². The molecule has 2 heterocycles. The van der Waals surface area contributed by atoms with Gasteiger partial charge in [0.25, 0.3) is 0 Å². The number of ether oxygens (including phenoxy) is 1. The summed E-state index contributed by atoms with van der Waals surface area (Å²) >= 11 is 0. The molecule has 1 aromatic heterocycles. The number of nitrogens with zero attached hydrogens (tertiary/aromatic N) is 1. The van der Waals surface area contributed by atoms with E-state index in [1.54, 1.807) is 0 Å². The number of hydrogen-bond acceptors (Lipinski definition) is 1. The fraction of sp³-hybridized carbons (Fsp3) is 0.0270. The summed E-state index contributed by atoms with van der Waals surface area (Å²) in [5.74, 6) is 1.77. The summed E-state index contributed by atoms with van der Waals surface area (Å²) in [6, 6.07) is 54.1. The smallest absolute Gasteiger partial charge is 0.132 e. The Labute approximate surface area is 227 Å². The molecule has 184 valence electrons. The summed E-state index contributed by atoms with van der Waals surface area (Å²) < 4.78 is 8.99. The van der Waals surface area contributed by atoms with E-state index >= 15 is 0 Å². The van der Waals surface area contributed by atoms with E-state index in [-0.39, 0.29) is 0 Å². The normalized spacial score (nSPS) is 13.5. The Bertz CT molecular complexity index is 1890. The van der Waals surface area contributed by atoms with Crippen molar-refractivity contribution < 1.29 is 4.74 Å². The lowest BCUT2D eigenvalue weighted by molar-refractivity contribution is 0.434. The first-order valence-electron chi connectivity index (χ1n) is 13.4. The van der Waals surface area contributed by atoms with Gasteiger partial charge in [-0.1, -0.05) is 115 Å². The lowest BCUT2D eigenvalue weighted by Crippen LogP contribution is -2.34. The van der Waals surface area contributed by atoms with Crippen LogP contribution < -0.4 is 4.74 Å². The number of para-hydroxylation sites is 3. The van der Waals surface area contributed by atoms with Crippen molar-refractivity contribution in [3.63, 3.8) is 0 Å². The minimum atomic E-state index is -0.540. The van der Waals surface area contributed by atoms with Crippen LogP contribution in [0.4, 0.5) is 0 Å². The maximum absolute atomic E-state index is 6.61. The molecule has 2 nitrogen and oxygen atoms in total. The Hall–Kier alpha value is -5.08. The van der Waals surface area contributed by atoms with Crippen LogP contribution in [0, 0.1) is 0 Å². The van der Waals surface area contributed by atoms with Gasteiger partial charge in [0.1, 0.15) is 11.5 Å². The molecule has 2 heteroatoms. The first-order valence-corrected chi connectivity index (χ1v) is 13.4. The van der Waals surface area contributed by atoms with E-state index in [0.717, 1.165) is 28.3 Å². The van der Waals surface area contributed by atoms with Crippen molar-refractivity contribution in [3.8, 4) is 17.2 Å². The first kappa shape index (κ1) is 22.0. The summed E-state index contributed by atoms with van der Waals surface area (Å²) in [4.78, 5) is 0. The standard InChI is InChI=1S/C37H25NO/c1-3-13-26(14-4-1)37(27-15-5-2-6-16-27)31-19-9-12-22-35(31)39-36-24-23-28(25-32(36)37)38-33-20-10-7-17-29(33)30-18-8-11-21-34(30)38/h1-25H. The number of rotatable bonds is 3. The Balaban J connectivity index is 1.50. The molecule has 0 fully saturated rings. The van der Waals surface area contributed by atoms with Crippen LogP contribution in [0.1, 0.15) is 22.3 Å². The third-order valence-corrected chi connectivity index (χ3v) is 8.13. The van der Waals surface area contributed by atoms with Crippen LogP contribution in [-0.2, 0) is 5.41 Å². The zero-order valence-electron chi connectivity index (χ0n) is 21.3. The number of fused-ring (bicyclic) bond motifs is 5. The van der Waals surface area contributed by atoms with Crippen molar-refractivity contribution in [3.05, 3.63) is 174 Å². The molecule has 0 amide bonds. The fourth-order valence-corrected chi connectivity index (χ4v) is 6.53. The van der Waals surface area contributed by atoms with Gasteiger partial charge in [-0.3, -0.25) is 0 Å². The highest BCUT2D eigenvalue weighted by atomic mass is 16.5. The maximum Gasteiger partial charge on any atom is 0.132 e. The molecule has 7 aromatic rings. The molecule has 6 aromatic carbocycles. The summed E-state index contributed by atoms with van der Waals surface area (Å²) in [6.45, 7) is 0. The molecule has 0 saturated carbocycles. The van der Waals surface area contributed by atoms with Gasteiger partial charge in [0.2, 0.25) is 0 Å². The van der Waals surface area contributed by atoms with Crippen molar-refractivity contribution >= 4 is 21.8 Å². The van der Waals surface area contributed by atoms with Crippen molar-refractivity contribution in [1.82, 2.24) is 4.57 Å². The topological polar surface area (TPSA) is 14.2 Å². The third-order valence-electron chi connectivity index (χ3n) is 8.13. The van der Waals surface area contributed by atoms with E-state index in [9.17, 15) is 0 Å². The van der Waals surface area contributed by atoms with Gasteiger partial charge in [0.05, 0.1) is 16.4 Å². The molecule has 0 aliphatic carbocycles. The summed E-state index contributed by atoms with van der Waals surface area (Å²) in [6.07, 6.45) is 0. The third kappa shape index (κ3) is 3.09. The predicted octanol–water partition coefficient (Wildman–Crippen LogP) is 9.27. The van der Waals surface area contributed by atoms with Crippen molar-refractivity contribution in [2.45, 2.75) is 5.41 Å². The summed E-state index contributed by atoms with van der Waals surface area (Å²) in [5, 5.41) is 2.51. The lowest BCUT2D eigenvalue weighted by Gasteiger charge is -2.41. The van der Waals surface area contributed by atoms with Crippen LogP contribution in [0.5, 0.6) is 11.5 Å². The van der Waals surface area contributed by atoms with E-state index in [1.807, 2.05) is 0 Å². The highest BCUT2D eigenvalue weighted by Crippen LogP contribution is 2.55. The van der Waals surface area contributed by atoms with Crippen LogP contribution in [0.25, 0.3) is 27.5 Å². The molecule has 1 aliphatic heterocycles. The SMILES string of the molecule is c1ccc(C2(c3ccccc3)c3ccccc3Oc3ccc(-n4c5ccccc5c5ccccc54)cc32)cc1. The second kappa shape index (κ2) is 8.47. The van der Waals surface area contributed by atoms with E-state index < -0.39 is 5.41 Å². The second-order valence-electron chi connectivity index (χ2n) is 10.1. The Morgan fingerprint density at radius 1 is 0.436 bits per heavy atom. The summed E-state index contributed by atoms with van der Waals surface area (Å²) in [7, 11) is 0. The fourth-order valence-electron chi connectivity index (χ4n) is 6.53. The molecular weight excluding hydrogens is 474 g/mol. The van der Waals surface area contributed by atoms with Crippen molar-refractivity contribution in [2.75, 3.05) is 0 Å². The van der Waals surface area contributed by atoms with Crippen LogP contribution in [-0.4, -0.2) is 4.57 Å². The molecule has 0 radical (unpaired) electrons. The molecule has 1 aliphatic rings. The molecule has 0 spiro atoms. The molecule has 0 unspecified atom stereocenters. The molecule has 0 atom stereocenters. The number of benzene rings is 6. The highest BCUT2D eigenvalue weighted by molar-refractivity contribution is 6.09. The van der Waals surface area contributed by atoms with Crippen molar-refractivity contribution in [2.24, 2.45) is 0 Å². The Morgan fingerprint density at radius 3 is 1.59 bits per heavy atom. The van der Waals surface area contributed by atoms with Crippen LogP contribution in [0.2, 0.25) is 0 Å². The number of aromatic nitrogens is 1. The minimum Gasteiger partial charge on any atom is -0.457 e. The Kier molecular flexibility index (Phi) is 4.77. The van der Waals surface area contributed by atoms with Crippen molar-refractivity contribution in [1.29, 1.82) is 0 Å². The first-order chi connectivity index (χ1) is 19.4. The average molecular weight is 500 g/mol. The minimum absolute atomic E-state index is 0.540. The van der Waals surface area contributed by atoms with E-state index in [2.05, 4.69) is 156 Å². The summed E-state index contributed by atoms with van der Waals surface area (Å²) in [5.41, 5.74) is 7.68. The lowest BCUT2D eigenvalue weighted by atomic mass is 9.63. The van der Waals surface area contributed by atoms with Crippen LogP contribution in [0.15, 0.2) is 152 Å². The van der Waals surface area contributed by atoms with Gasteiger partial charge in [-0.25, -0.2) is 0 Å². The van der Waals surface area contributed by atoms with Gasteiger partial charge in [0.15, 0.2) is 0 Å². The van der Waals surface area contributed by atoms with Gasteiger partial charge < -0.3 is 9.30 Å². The molecule has 0 saturated heterocycles. The maximum atomic E-state index is 6.61.